The molecule has 0 saturated heterocycles. The van der Waals surface area contributed by atoms with Gasteiger partial charge in [-0.2, -0.15) is 5.10 Å². The van der Waals surface area contributed by atoms with Crippen molar-refractivity contribution in [3.05, 3.63) is 66.0 Å². The third-order valence-corrected chi connectivity index (χ3v) is 4.37. The molecule has 0 bridgehead atoms. The number of rotatable bonds is 9. The van der Waals surface area contributed by atoms with E-state index < -0.39 is 0 Å². The van der Waals surface area contributed by atoms with Crippen LogP contribution < -0.4 is 14.8 Å². The molecule has 1 N–H and O–H groups in total. The van der Waals surface area contributed by atoms with Gasteiger partial charge in [0, 0.05) is 12.1 Å². The van der Waals surface area contributed by atoms with E-state index in [1.807, 2.05) is 80.1 Å². The molecule has 0 radical (unpaired) electrons. The van der Waals surface area contributed by atoms with Gasteiger partial charge in [-0.1, -0.05) is 24.3 Å². The van der Waals surface area contributed by atoms with Crippen molar-refractivity contribution in [1.29, 1.82) is 0 Å². The van der Waals surface area contributed by atoms with Crippen LogP contribution in [-0.2, 0) is 4.79 Å². The molecule has 0 unspecified atom stereocenters. The van der Waals surface area contributed by atoms with Crippen molar-refractivity contribution >= 4 is 11.6 Å². The Morgan fingerprint density at radius 3 is 2.41 bits per heavy atom. The van der Waals surface area contributed by atoms with Crippen LogP contribution >= 0.6 is 0 Å². The zero-order valence-corrected chi connectivity index (χ0v) is 17.1. The van der Waals surface area contributed by atoms with E-state index in [1.165, 1.54) is 0 Å². The number of aromatic nitrogens is 2. The minimum Gasteiger partial charge on any atom is -0.490 e. The van der Waals surface area contributed by atoms with Crippen molar-refractivity contribution in [2.75, 3.05) is 18.5 Å². The second-order valence-corrected chi connectivity index (χ2v) is 6.74. The Labute approximate surface area is 171 Å². The number of nitrogens with zero attached hydrogens (tertiary/aromatic N) is 2. The van der Waals surface area contributed by atoms with Crippen molar-refractivity contribution < 1.29 is 14.3 Å². The summed E-state index contributed by atoms with van der Waals surface area (Å²) in [5, 5.41) is 7.51. The van der Waals surface area contributed by atoms with E-state index in [0.717, 1.165) is 28.5 Å². The van der Waals surface area contributed by atoms with Crippen LogP contribution in [-0.4, -0.2) is 28.9 Å². The molecule has 0 aliphatic carbocycles. The highest BCUT2D eigenvalue weighted by atomic mass is 16.5. The molecule has 1 heterocycles. The fraction of sp³-hybridized carbons (Fsp3) is 0.304. The quantitative estimate of drug-likeness (QED) is 0.536. The standard InChI is InChI=1S/C23H27N3O3/c1-4-28-21-12-7-8-13-22(21)29-15-9-14-23(27)24-19-10-5-6-11-20(19)26-18(3)16-17(2)25-26/h5-8,10-13,16H,4,9,14-15H2,1-3H3,(H,24,27). The third kappa shape index (κ3) is 5.38. The minimum atomic E-state index is -0.0549. The largest absolute Gasteiger partial charge is 0.490 e. The van der Waals surface area contributed by atoms with Crippen molar-refractivity contribution in [2.45, 2.75) is 33.6 Å². The number of hydrogen-bond acceptors (Lipinski definition) is 4. The molecular formula is C23H27N3O3. The highest BCUT2D eigenvalue weighted by Crippen LogP contribution is 2.26. The van der Waals surface area contributed by atoms with Crippen LogP contribution in [0.5, 0.6) is 11.5 Å². The van der Waals surface area contributed by atoms with Crippen molar-refractivity contribution in [2.24, 2.45) is 0 Å². The maximum absolute atomic E-state index is 12.4. The number of anilines is 1. The second-order valence-electron chi connectivity index (χ2n) is 6.74. The molecule has 152 valence electrons. The number of amides is 1. The van der Waals surface area contributed by atoms with E-state index in [1.54, 1.807) is 0 Å². The fourth-order valence-electron chi connectivity index (χ4n) is 3.11. The smallest absolute Gasteiger partial charge is 0.224 e. The summed E-state index contributed by atoms with van der Waals surface area (Å²) in [4.78, 5) is 12.4. The monoisotopic (exact) mass is 393 g/mol. The molecule has 3 rings (SSSR count). The first-order chi connectivity index (χ1) is 14.1. The average molecular weight is 393 g/mol. The maximum atomic E-state index is 12.4. The molecule has 0 aliphatic rings. The maximum Gasteiger partial charge on any atom is 0.224 e. The molecule has 6 heteroatoms. The van der Waals surface area contributed by atoms with Crippen LogP contribution in [0.25, 0.3) is 5.69 Å². The van der Waals surface area contributed by atoms with Gasteiger partial charge in [-0.05, 0) is 57.5 Å². The summed E-state index contributed by atoms with van der Waals surface area (Å²) in [6, 6.07) is 17.2. The van der Waals surface area contributed by atoms with E-state index in [9.17, 15) is 4.79 Å². The Bertz CT molecular complexity index is 966. The first-order valence-corrected chi connectivity index (χ1v) is 9.85. The summed E-state index contributed by atoms with van der Waals surface area (Å²) in [6.45, 7) is 6.91. The van der Waals surface area contributed by atoms with Crippen LogP contribution in [0.3, 0.4) is 0 Å². The molecule has 0 fully saturated rings. The van der Waals surface area contributed by atoms with Gasteiger partial charge in [-0.15, -0.1) is 0 Å². The van der Waals surface area contributed by atoms with Gasteiger partial charge in [0.15, 0.2) is 11.5 Å². The van der Waals surface area contributed by atoms with Gasteiger partial charge < -0.3 is 14.8 Å². The van der Waals surface area contributed by atoms with Gasteiger partial charge in [0.2, 0.25) is 5.91 Å². The highest BCUT2D eigenvalue weighted by molar-refractivity contribution is 5.92. The molecule has 1 aromatic heterocycles. The van der Waals surface area contributed by atoms with Crippen LogP contribution in [0.15, 0.2) is 54.6 Å². The normalized spacial score (nSPS) is 10.6. The number of benzene rings is 2. The Morgan fingerprint density at radius 2 is 1.72 bits per heavy atom. The lowest BCUT2D eigenvalue weighted by Crippen LogP contribution is -2.15. The summed E-state index contributed by atoms with van der Waals surface area (Å²) in [5.41, 5.74) is 3.55. The van der Waals surface area contributed by atoms with Crippen LogP contribution in [0.2, 0.25) is 0 Å². The second kappa shape index (κ2) is 9.78. The predicted molar refractivity (Wildman–Crippen MR) is 114 cm³/mol. The van der Waals surface area contributed by atoms with E-state index in [2.05, 4.69) is 10.4 Å². The Balaban J connectivity index is 1.55. The van der Waals surface area contributed by atoms with Crippen LogP contribution in [0, 0.1) is 13.8 Å². The number of ether oxygens (including phenoxy) is 2. The van der Waals surface area contributed by atoms with E-state index in [4.69, 9.17) is 9.47 Å². The van der Waals surface area contributed by atoms with Gasteiger partial charge in [0.1, 0.15) is 0 Å². The minimum absolute atomic E-state index is 0.0549. The van der Waals surface area contributed by atoms with Crippen molar-refractivity contribution in [3.63, 3.8) is 0 Å². The molecule has 29 heavy (non-hydrogen) atoms. The van der Waals surface area contributed by atoms with Crippen molar-refractivity contribution in [1.82, 2.24) is 9.78 Å². The van der Waals surface area contributed by atoms with Gasteiger partial charge in [-0.25, -0.2) is 4.68 Å². The molecule has 0 aliphatic heterocycles. The zero-order valence-electron chi connectivity index (χ0n) is 17.1. The van der Waals surface area contributed by atoms with E-state index in [-0.39, 0.29) is 5.91 Å². The first kappa shape index (κ1) is 20.5. The van der Waals surface area contributed by atoms with Gasteiger partial charge in [-0.3, -0.25) is 4.79 Å². The Morgan fingerprint density at radius 1 is 1.03 bits per heavy atom. The summed E-state index contributed by atoms with van der Waals surface area (Å²) in [6.07, 6.45) is 0.969. The Hall–Kier alpha value is -3.28. The fourth-order valence-corrected chi connectivity index (χ4v) is 3.11. The number of para-hydroxylation sites is 4. The first-order valence-electron chi connectivity index (χ1n) is 9.85. The summed E-state index contributed by atoms with van der Waals surface area (Å²) in [7, 11) is 0. The topological polar surface area (TPSA) is 65.4 Å². The van der Waals surface area contributed by atoms with E-state index >= 15 is 0 Å². The molecule has 1 amide bonds. The van der Waals surface area contributed by atoms with Gasteiger partial charge in [0.25, 0.3) is 0 Å². The number of carbonyl (C=O) groups is 1. The Kier molecular flexibility index (Phi) is 6.89. The van der Waals surface area contributed by atoms with Crippen LogP contribution in [0.4, 0.5) is 5.69 Å². The van der Waals surface area contributed by atoms with Crippen molar-refractivity contribution in [3.8, 4) is 17.2 Å². The molecule has 0 spiro atoms. The number of aryl methyl sites for hydroxylation is 2. The number of nitrogens with one attached hydrogen (secondary N) is 1. The molecule has 0 saturated carbocycles. The summed E-state index contributed by atoms with van der Waals surface area (Å²) >= 11 is 0. The molecule has 6 nitrogen and oxygen atoms in total. The predicted octanol–water partition coefficient (Wildman–Crippen LogP) is 4.69. The van der Waals surface area contributed by atoms with Crippen LogP contribution in [0.1, 0.15) is 31.2 Å². The lowest BCUT2D eigenvalue weighted by atomic mass is 10.2. The lowest BCUT2D eigenvalue weighted by molar-refractivity contribution is -0.116. The highest BCUT2D eigenvalue weighted by Gasteiger charge is 2.11. The molecule has 3 aromatic rings. The molecular weight excluding hydrogens is 366 g/mol. The van der Waals surface area contributed by atoms with E-state index in [0.29, 0.717) is 31.8 Å². The SMILES string of the molecule is CCOc1ccccc1OCCCC(=O)Nc1ccccc1-n1nc(C)cc1C. The average Bonchev–Trinajstić information content (AvgIpc) is 3.05. The zero-order chi connectivity index (χ0) is 20.6. The van der Waals surface area contributed by atoms with Gasteiger partial charge in [0.05, 0.1) is 30.3 Å². The molecule has 2 aromatic carbocycles. The number of carbonyl (C=O) groups excluding carboxylic acids is 1. The summed E-state index contributed by atoms with van der Waals surface area (Å²) < 4.78 is 13.2. The summed E-state index contributed by atoms with van der Waals surface area (Å²) in [5.74, 6) is 1.36. The van der Waals surface area contributed by atoms with Gasteiger partial charge >= 0.3 is 0 Å². The number of hydrogen-bond donors (Lipinski definition) is 1. The molecule has 0 atom stereocenters. The third-order valence-electron chi connectivity index (χ3n) is 4.37. The lowest BCUT2D eigenvalue weighted by Gasteiger charge is -2.13.